The maximum absolute atomic E-state index is 4.64. The van der Waals surface area contributed by atoms with Crippen LogP contribution in [0.3, 0.4) is 0 Å². The van der Waals surface area contributed by atoms with Crippen LogP contribution in [0.1, 0.15) is 38.3 Å². The molecule has 0 spiro atoms. The van der Waals surface area contributed by atoms with Crippen molar-refractivity contribution in [2.24, 2.45) is 10.4 Å². The highest BCUT2D eigenvalue weighted by Crippen LogP contribution is 2.32. The molecule has 2 rings (SSSR count). The van der Waals surface area contributed by atoms with Crippen molar-refractivity contribution in [2.75, 3.05) is 11.9 Å². The van der Waals surface area contributed by atoms with Crippen LogP contribution >= 0.6 is 11.8 Å². The van der Waals surface area contributed by atoms with Gasteiger partial charge in [-0.05, 0) is 42.9 Å². The molecule has 0 bridgehead atoms. The molecule has 1 aliphatic rings. The largest absolute Gasteiger partial charge is 0.335 e. The molecule has 2 nitrogen and oxygen atoms in total. The minimum atomic E-state index is 0.377. The van der Waals surface area contributed by atoms with Crippen LogP contribution in [0.5, 0.6) is 0 Å². The summed E-state index contributed by atoms with van der Waals surface area (Å²) in [4.78, 5) is 4.64. The summed E-state index contributed by atoms with van der Waals surface area (Å²) >= 11 is 1.89. The summed E-state index contributed by atoms with van der Waals surface area (Å²) in [6.07, 6.45) is 1.21. The Labute approximate surface area is 121 Å². The highest BCUT2D eigenvalue weighted by molar-refractivity contribution is 8.15. The molecule has 0 amide bonds. The van der Waals surface area contributed by atoms with E-state index in [-0.39, 0.29) is 0 Å². The van der Waals surface area contributed by atoms with Crippen molar-refractivity contribution in [3.8, 4) is 0 Å². The second kappa shape index (κ2) is 5.58. The van der Waals surface area contributed by atoms with Crippen LogP contribution in [0.25, 0.3) is 0 Å². The van der Waals surface area contributed by atoms with Gasteiger partial charge in [-0.2, -0.15) is 0 Å². The molecule has 0 fully saturated rings. The molecule has 19 heavy (non-hydrogen) atoms. The van der Waals surface area contributed by atoms with E-state index in [4.69, 9.17) is 0 Å². The topological polar surface area (TPSA) is 24.4 Å². The zero-order valence-electron chi connectivity index (χ0n) is 12.6. The Morgan fingerprint density at radius 1 is 1.32 bits per heavy atom. The van der Waals surface area contributed by atoms with Gasteiger partial charge in [0.2, 0.25) is 0 Å². The Kier molecular flexibility index (Phi) is 4.24. The number of anilines is 1. The van der Waals surface area contributed by atoms with Gasteiger partial charge in [0.25, 0.3) is 0 Å². The van der Waals surface area contributed by atoms with Gasteiger partial charge in [-0.1, -0.05) is 44.7 Å². The third kappa shape index (κ3) is 4.27. The quantitative estimate of drug-likeness (QED) is 0.852. The zero-order chi connectivity index (χ0) is 14.0. The maximum Gasteiger partial charge on any atom is 0.161 e. The average Bonchev–Trinajstić information content (AvgIpc) is 2.68. The molecule has 0 saturated heterocycles. The van der Waals surface area contributed by atoms with Crippen molar-refractivity contribution in [3.63, 3.8) is 0 Å². The summed E-state index contributed by atoms with van der Waals surface area (Å²) in [5.74, 6) is 0. The maximum atomic E-state index is 4.64. The molecular weight excluding hydrogens is 252 g/mol. The van der Waals surface area contributed by atoms with Gasteiger partial charge in [0.15, 0.2) is 5.17 Å². The number of nitrogens with zero attached hydrogens (tertiary/aromatic N) is 1. The molecule has 0 radical (unpaired) electrons. The van der Waals surface area contributed by atoms with Crippen molar-refractivity contribution in [1.29, 1.82) is 0 Å². The second-order valence-corrected chi connectivity index (χ2v) is 7.88. The number of amidine groups is 1. The normalized spacial score (nSPS) is 19.4. The molecule has 0 saturated carbocycles. The van der Waals surface area contributed by atoms with Crippen LogP contribution in [-0.4, -0.2) is 17.0 Å². The Balaban J connectivity index is 1.97. The predicted molar refractivity (Wildman–Crippen MR) is 87.3 cm³/mol. The number of hydrogen-bond donors (Lipinski definition) is 1. The van der Waals surface area contributed by atoms with Gasteiger partial charge in [0, 0.05) is 10.9 Å². The lowest BCUT2D eigenvalue weighted by atomic mass is 9.90. The highest BCUT2D eigenvalue weighted by Gasteiger charge is 2.25. The average molecular weight is 276 g/mol. The summed E-state index contributed by atoms with van der Waals surface area (Å²) in [6.45, 7) is 12.1. The monoisotopic (exact) mass is 276 g/mol. The van der Waals surface area contributed by atoms with Gasteiger partial charge in [0.1, 0.15) is 0 Å². The fourth-order valence-electron chi connectivity index (χ4n) is 2.26. The number of aryl methyl sites for hydroxylation is 2. The number of nitrogens with one attached hydrogen (secondary N) is 1. The lowest BCUT2D eigenvalue weighted by molar-refractivity contribution is 0.375. The van der Waals surface area contributed by atoms with Gasteiger partial charge in [-0.15, -0.1) is 0 Å². The Bertz CT molecular complexity index is 486. The number of aliphatic imine (C=N–C) groups is 1. The van der Waals surface area contributed by atoms with E-state index in [0.717, 1.165) is 11.7 Å². The smallest absolute Gasteiger partial charge is 0.161 e. The van der Waals surface area contributed by atoms with E-state index < -0.39 is 0 Å². The van der Waals surface area contributed by atoms with Crippen LogP contribution in [0.15, 0.2) is 23.2 Å². The lowest BCUT2D eigenvalue weighted by Crippen LogP contribution is -2.16. The SMILES string of the molecule is Cc1ccc(C)c(NC2=NCC(CC(C)(C)C)S2)c1. The summed E-state index contributed by atoms with van der Waals surface area (Å²) < 4.78 is 0. The molecule has 3 heteroatoms. The predicted octanol–water partition coefficient (Wildman–Crippen LogP) is 4.62. The molecule has 1 aliphatic heterocycles. The first kappa shape index (κ1) is 14.4. The third-order valence-electron chi connectivity index (χ3n) is 3.19. The first-order valence-electron chi connectivity index (χ1n) is 6.89. The van der Waals surface area contributed by atoms with Crippen molar-refractivity contribution in [2.45, 2.75) is 46.3 Å². The van der Waals surface area contributed by atoms with Crippen molar-refractivity contribution in [3.05, 3.63) is 29.3 Å². The molecule has 1 heterocycles. The zero-order valence-corrected chi connectivity index (χ0v) is 13.4. The molecule has 1 unspecified atom stereocenters. The summed E-state index contributed by atoms with van der Waals surface area (Å²) in [5, 5.41) is 5.17. The minimum Gasteiger partial charge on any atom is -0.335 e. The standard InChI is InChI=1S/C16H24N2S/c1-11-6-7-12(2)14(8-11)18-15-17-10-13(19-15)9-16(3,4)5/h6-8,13H,9-10H2,1-5H3,(H,17,18). The van der Waals surface area contributed by atoms with E-state index in [9.17, 15) is 0 Å². The molecular formula is C16H24N2S. The number of thioether (sulfide) groups is 1. The van der Waals surface area contributed by atoms with Crippen LogP contribution in [0, 0.1) is 19.3 Å². The van der Waals surface area contributed by atoms with E-state index in [2.05, 4.69) is 63.1 Å². The van der Waals surface area contributed by atoms with Crippen molar-refractivity contribution < 1.29 is 0 Å². The van der Waals surface area contributed by atoms with E-state index in [1.807, 2.05) is 11.8 Å². The van der Waals surface area contributed by atoms with Gasteiger partial charge >= 0.3 is 0 Å². The van der Waals surface area contributed by atoms with Crippen LogP contribution in [0.4, 0.5) is 5.69 Å². The molecule has 1 aromatic rings. The summed E-state index contributed by atoms with van der Waals surface area (Å²) in [7, 11) is 0. The van der Waals surface area contributed by atoms with Crippen molar-refractivity contribution in [1.82, 2.24) is 0 Å². The van der Waals surface area contributed by atoms with Gasteiger partial charge in [-0.3, -0.25) is 4.99 Å². The number of benzene rings is 1. The fourth-order valence-corrected chi connectivity index (χ4v) is 3.63. The first-order chi connectivity index (χ1) is 8.83. The van der Waals surface area contributed by atoms with E-state index in [0.29, 0.717) is 10.7 Å². The van der Waals surface area contributed by atoms with E-state index in [1.54, 1.807) is 0 Å². The minimum absolute atomic E-state index is 0.377. The molecule has 0 aliphatic carbocycles. The number of hydrogen-bond acceptors (Lipinski definition) is 3. The lowest BCUT2D eigenvalue weighted by Gasteiger charge is -2.21. The molecule has 1 aromatic carbocycles. The molecule has 1 N–H and O–H groups in total. The van der Waals surface area contributed by atoms with Crippen molar-refractivity contribution >= 4 is 22.6 Å². The Morgan fingerprint density at radius 3 is 2.74 bits per heavy atom. The van der Waals surface area contributed by atoms with Gasteiger partial charge in [-0.25, -0.2) is 0 Å². The van der Waals surface area contributed by atoms with Gasteiger partial charge < -0.3 is 5.32 Å². The van der Waals surface area contributed by atoms with Crippen LogP contribution in [0.2, 0.25) is 0 Å². The van der Waals surface area contributed by atoms with E-state index in [1.165, 1.54) is 23.2 Å². The Hall–Kier alpha value is -0.960. The molecule has 104 valence electrons. The highest BCUT2D eigenvalue weighted by atomic mass is 32.2. The summed E-state index contributed by atoms with van der Waals surface area (Å²) in [6, 6.07) is 6.49. The Morgan fingerprint density at radius 2 is 2.05 bits per heavy atom. The molecule has 1 atom stereocenters. The molecule has 0 aromatic heterocycles. The fraction of sp³-hybridized carbons (Fsp3) is 0.562. The summed E-state index contributed by atoms with van der Waals surface area (Å²) in [5.41, 5.74) is 4.11. The first-order valence-corrected chi connectivity index (χ1v) is 7.77. The number of rotatable bonds is 2. The van der Waals surface area contributed by atoms with E-state index >= 15 is 0 Å². The third-order valence-corrected chi connectivity index (χ3v) is 4.30. The van der Waals surface area contributed by atoms with Crippen LogP contribution < -0.4 is 5.32 Å². The second-order valence-electron chi connectivity index (χ2n) is 6.59. The van der Waals surface area contributed by atoms with Crippen LogP contribution in [-0.2, 0) is 0 Å². The van der Waals surface area contributed by atoms with Gasteiger partial charge in [0.05, 0.1) is 6.54 Å².